The lowest BCUT2D eigenvalue weighted by Gasteiger charge is -2.10. The second-order valence-electron chi connectivity index (χ2n) is 2.85. The first-order chi connectivity index (χ1) is 5.77. The van der Waals surface area contributed by atoms with Crippen LogP contribution < -0.4 is 11.1 Å². The van der Waals surface area contributed by atoms with Crippen molar-refractivity contribution in [3.63, 3.8) is 0 Å². The summed E-state index contributed by atoms with van der Waals surface area (Å²) in [6.45, 7) is 1.88. The van der Waals surface area contributed by atoms with Crippen molar-refractivity contribution in [2.75, 3.05) is 6.54 Å². The first kappa shape index (κ1) is 7.76. The molecule has 0 aromatic carbocycles. The summed E-state index contributed by atoms with van der Waals surface area (Å²) in [6.07, 6.45) is 1.01. The van der Waals surface area contributed by atoms with Gasteiger partial charge in [0, 0.05) is 11.4 Å². The maximum atomic E-state index is 10.8. The van der Waals surface area contributed by atoms with E-state index >= 15 is 0 Å². The van der Waals surface area contributed by atoms with Gasteiger partial charge in [0.05, 0.1) is 4.88 Å². The lowest BCUT2D eigenvalue weighted by Crippen LogP contribution is -2.21. The maximum absolute atomic E-state index is 10.8. The molecule has 1 aliphatic heterocycles. The van der Waals surface area contributed by atoms with Crippen molar-refractivity contribution in [3.05, 3.63) is 21.4 Å². The third kappa shape index (κ3) is 1.23. The van der Waals surface area contributed by atoms with E-state index < -0.39 is 0 Å². The fraction of sp³-hybridized carbons (Fsp3) is 0.375. The SMILES string of the molecule is NC(=O)c1cc2c(s1)CNCC2. The topological polar surface area (TPSA) is 55.1 Å². The molecule has 1 aromatic heterocycles. The number of primary amides is 1. The number of amides is 1. The third-order valence-electron chi connectivity index (χ3n) is 2.00. The average molecular weight is 182 g/mol. The molecule has 0 unspecified atom stereocenters. The molecule has 0 radical (unpaired) electrons. The Bertz CT molecular complexity index is 295. The molecule has 12 heavy (non-hydrogen) atoms. The Morgan fingerprint density at radius 3 is 3.17 bits per heavy atom. The molecular formula is C8H10N2OS. The molecule has 0 spiro atoms. The van der Waals surface area contributed by atoms with Gasteiger partial charge in [0.25, 0.3) is 5.91 Å². The Hall–Kier alpha value is -0.870. The second kappa shape index (κ2) is 2.88. The summed E-state index contributed by atoms with van der Waals surface area (Å²) < 4.78 is 0. The fourth-order valence-electron chi connectivity index (χ4n) is 1.37. The summed E-state index contributed by atoms with van der Waals surface area (Å²) in [4.78, 5) is 12.8. The van der Waals surface area contributed by atoms with Gasteiger partial charge in [-0.15, -0.1) is 11.3 Å². The van der Waals surface area contributed by atoms with E-state index in [1.54, 1.807) is 0 Å². The maximum Gasteiger partial charge on any atom is 0.258 e. The molecule has 0 atom stereocenters. The Morgan fingerprint density at radius 1 is 1.67 bits per heavy atom. The van der Waals surface area contributed by atoms with E-state index in [2.05, 4.69) is 5.32 Å². The molecule has 1 aliphatic rings. The van der Waals surface area contributed by atoms with Crippen LogP contribution >= 0.6 is 11.3 Å². The van der Waals surface area contributed by atoms with Gasteiger partial charge in [0.15, 0.2) is 0 Å². The van der Waals surface area contributed by atoms with Crippen molar-refractivity contribution in [3.8, 4) is 0 Å². The molecule has 2 rings (SSSR count). The first-order valence-corrected chi connectivity index (χ1v) is 4.71. The minimum absolute atomic E-state index is 0.311. The average Bonchev–Trinajstić information content (AvgIpc) is 2.46. The standard InChI is InChI=1S/C8H10N2OS/c9-8(11)6-3-5-1-2-10-4-7(5)12-6/h3,10H,1-2,4H2,(H2,9,11). The van der Waals surface area contributed by atoms with Gasteiger partial charge in [-0.1, -0.05) is 0 Å². The summed E-state index contributed by atoms with van der Waals surface area (Å²) in [7, 11) is 0. The van der Waals surface area contributed by atoms with Crippen LogP contribution in [0.3, 0.4) is 0 Å². The van der Waals surface area contributed by atoms with E-state index in [0.29, 0.717) is 4.88 Å². The first-order valence-electron chi connectivity index (χ1n) is 3.89. The molecule has 0 fully saturated rings. The van der Waals surface area contributed by atoms with Crippen LogP contribution in [-0.4, -0.2) is 12.5 Å². The molecule has 0 saturated heterocycles. The molecule has 3 N–H and O–H groups in total. The Morgan fingerprint density at radius 2 is 2.50 bits per heavy atom. The van der Waals surface area contributed by atoms with Crippen molar-refractivity contribution in [2.24, 2.45) is 5.73 Å². The van der Waals surface area contributed by atoms with E-state index in [0.717, 1.165) is 19.5 Å². The molecular weight excluding hydrogens is 172 g/mol. The minimum Gasteiger partial charge on any atom is -0.365 e. The van der Waals surface area contributed by atoms with E-state index in [-0.39, 0.29) is 5.91 Å². The molecule has 0 saturated carbocycles. The van der Waals surface area contributed by atoms with Gasteiger partial charge in [0.1, 0.15) is 0 Å². The zero-order chi connectivity index (χ0) is 8.55. The van der Waals surface area contributed by atoms with Gasteiger partial charge in [-0.3, -0.25) is 4.79 Å². The summed E-state index contributed by atoms with van der Waals surface area (Å²) in [5.74, 6) is -0.311. The van der Waals surface area contributed by atoms with Crippen molar-refractivity contribution in [1.29, 1.82) is 0 Å². The monoisotopic (exact) mass is 182 g/mol. The highest BCUT2D eigenvalue weighted by Gasteiger charge is 2.14. The molecule has 0 aliphatic carbocycles. The van der Waals surface area contributed by atoms with E-state index in [4.69, 9.17) is 5.73 Å². The van der Waals surface area contributed by atoms with E-state index in [1.165, 1.54) is 21.8 Å². The number of fused-ring (bicyclic) bond motifs is 1. The van der Waals surface area contributed by atoms with E-state index in [9.17, 15) is 4.79 Å². The Kier molecular flexibility index (Phi) is 1.86. The number of hydrogen-bond donors (Lipinski definition) is 2. The Labute approximate surface area is 74.6 Å². The van der Waals surface area contributed by atoms with Crippen molar-refractivity contribution >= 4 is 17.2 Å². The highest BCUT2D eigenvalue weighted by Crippen LogP contribution is 2.24. The van der Waals surface area contributed by atoms with Crippen molar-refractivity contribution in [1.82, 2.24) is 5.32 Å². The number of thiophene rings is 1. The lowest BCUT2D eigenvalue weighted by atomic mass is 10.1. The predicted octanol–water partition coefficient (Wildman–Crippen LogP) is 0.493. The molecule has 2 heterocycles. The number of rotatable bonds is 1. The number of nitrogens with one attached hydrogen (secondary N) is 1. The van der Waals surface area contributed by atoms with Crippen LogP contribution in [0.2, 0.25) is 0 Å². The highest BCUT2D eigenvalue weighted by atomic mass is 32.1. The second-order valence-corrected chi connectivity index (χ2v) is 3.99. The molecule has 3 nitrogen and oxygen atoms in total. The molecule has 1 amide bonds. The van der Waals surface area contributed by atoms with Gasteiger partial charge in [-0.25, -0.2) is 0 Å². The number of nitrogens with two attached hydrogens (primary N) is 1. The van der Waals surface area contributed by atoms with Crippen LogP contribution in [-0.2, 0) is 13.0 Å². The lowest BCUT2D eigenvalue weighted by molar-refractivity contribution is 0.100. The van der Waals surface area contributed by atoms with Gasteiger partial charge in [-0.05, 0) is 24.6 Å². The summed E-state index contributed by atoms with van der Waals surface area (Å²) >= 11 is 1.51. The van der Waals surface area contributed by atoms with Crippen LogP contribution in [0.5, 0.6) is 0 Å². The zero-order valence-corrected chi connectivity index (χ0v) is 7.41. The van der Waals surface area contributed by atoms with Crippen LogP contribution in [0, 0.1) is 0 Å². The van der Waals surface area contributed by atoms with Crippen LogP contribution in [0.1, 0.15) is 20.1 Å². The largest absolute Gasteiger partial charge is 0.365 e. The van der Waals surface area contributed by atoms with Crippen molar-refractivity contribution < 1.29 is 4.79 Å². The number of carbonyl (C=O) groups is 1. The van der Waals surface area contributed by atoms with Crippen molar-refractivity contribution in [2.45, 2.75) is 13.0 Å². The zero-order valence-electron chi connectivity index (χ0n) is 6.59. The van der Waals surface area contributed by atoms with Gasteiger partial charge in [-0.2, -0.15) is 0 Å². The van der Waals surface area contributed by atoms with Crippen LogP contribution in [0.15, 0.2) is 6.07 Å². The van der Waals surface area contributed by atoms with Gasteiger partial charge in [0.2, 0.25) is 0 Å². The summed E-state index contributed by atoms with van der Waals surface area (Å²) in [5.41, 5.74) is 6.46. The van der Waals surface area contributed by atoms with Crippen LogP contribution in [0.25, 0.3) is 0 Å². The number of hydrogen-bond acceptors (Lipinski definition) is 3. The summed E-state index contributed by atoms with van der Waals surface area (Å²) in [5, 5.41) is 3.25. The molecule has 0 bridgehead atoms. The quantitative estimate of drug-likeness (QED) is 0.664. The smallest absolute Gasteiger partial charge is 0.258 e. The fourth-order valence-corrected chi connectivity index (χ4v) is 2.41. The highest BCUT2D eigenvalue weighted by molar-refractivity contribution is 7.14. The predicted molar refractivity (Wildman–Crippen MR) is 48.2 cm³/mol. The normalized spacial score (nSPS) is 15.7. The molecule has 1 aromatic rings. The van der Waals surface area contributed by atoms with Gasteiger partial charge >= 0.3 is 0 Å². The molecule has 4 heteroatoms. The summed E-state index contributed by atoms with van der Waals surface area (Å²) in [6, 6.07) is 1.92. The number of carbonyl (C=O) groups excluding carboxylic acids is 1. The third-order valence-corrected chi connectivity index (χ3v) is 3.19. The Balaban J connectivity index is 2.38. The minimum atomic E-state index is -0.311. The van der Waals surface area contributed by atoms with E-state index in [1.807, 2.05) is 6.07 Å². The molecule has 64 valence electrons. The van der Waals surface area contributed by atoms with Gasteiger partial charge < -0.3 is 11.1 Å². The van der Waals surface area contributed by atoms with Crippen LogP contribution in [0.4, 0.5) is 0 Å².